The maximum absolute atomic E-state index is 12.0. The van der Waals surface area contributed by atoms with E-state index in [4.69, 9.17) is 5.73 Å². The molecule has 0 spiro atoms. The first-order valence-corrected chi connectivity index (χ1v) is 7.39. The van der Waals surface area contributed by atoms with E-state index >= 15 is 0 Å². The van der Waals surface area contributed by atoms with Crippen LogP contribution in [0.1, 0.15) is 19.3 Å². The summed E-state index contributed by atoms with van der Waals surface area (Å²) in [5, 5.41) is 5.30. The van der Waals surface area contributed by atoms with Gasteiger partial charge in [-0.05, 0) is 31.0 Å². The van der Waals surface area contributed by atoms with Gasteiger partial charge in [0.05, 0.1) is 0 Å². The van der Waals surface area contributed by atoms with E-state index < -0.39 is 0 Å². The molecular weight excluding hydrogens is 264 g/mol. The monoisotopic (exact) mass is 284 g/mol. The van der Waals surface area contributed by atoms with Crippen molar-refractivity contribution in [2.75, 3.05) is 30.7 Å². The van der Waals surface area contributed by atoms with Gasteiger partial charge in [0.1, 0.15) is 0 Å². The number of hydrogen-bond acceptors (Lipinski definition) is 4. The van der Waals surface area contributed by atoms with Crippen molar-refractivity contribution in [1.82, 2.24) is 9.88 Å². The van der Waals surface area contributed by atoms with Crippen molar-refractivity contribution in [3.63, 3.8) is 0 Å². The molecule has 0 atom stereocenters. The molecule has 1 aliphatic heterocycles. The fourth-order valence-electron chi connectivity index (χ4n) is 2.80. The minimum Gasteiger partial charge on any atom is -0.398 e. The van der Waals surface area contributed by atoms with Crippen LogP contribution in [-0.4, -0.2) is 35.4 Å². The van der Waals surface area contributed by atoms with Crippen molar-refractivity contribution in [1.29, 1.82) is 0 Å². The average Bonchev–Trinajstić information content (AvgIpc) is 3.04. The number of fused-ring (bicyclic) bond motifs is 1. The Bertz CT molecular complexity index is 650. The van der Waals surface area contributed by atoms with E-state index in [9.17, 15) is 4.79 Å². The number of anilines is 2. The number of aromatic nitrogens is 1. The molecule has 1 aromatic carbocycles. The first-order valence-electron chi connectivity index (χ1n) is 7.39. The Kier molecular flexibility index (Phi) is 3.90. The molecule has 2 aromatic rings. The smallest absolute Gasteiger partial charge is 0.224 e. The zero-order valence-electron chi connectivity index (χ0n) is 12.0. The van der Waals surface area contributed by atoms with E-state index in [2.05, 4.69) is 10.3 Å². The predicted molar refractivity (Wildman–Crippen MR) is 85.1 cm³/mol. The number of nitrogens with two attached hydrogens (primary N) is 1. The number of nitrogens with zero attached hydrogens (tertiary/aromatic N) is 2. The number of nitrogen functional groups attached to an aromatic ring is 1. The SMILES string of the molecule is Nc1ccc(NCCC(=O)N2CCCC2)c2cnccc12. The lowest BCUT2D eigenvalue weighted by molar-refractivity contribution is -0.129. The first kappa shape index (κ1) is 13.7. The normalized spacial score (nSPS) is 14.6. The van der Waals surface area contributed by atoms with Crippen molar-refractivity contribution in [3.8, 4) is 0 Å². The Morgan fingerprint density at radius 2 is 2.05 bits per heavy atom. The zero-order chi connectivity index (χ0) is 14.7. The van der Waals surface area contributed by atoms with Gasteiger partial charge >= 0.3 is 0 Å². The number of nitrogens with one attached hydrogen (secondary N) is 1. The number of benzene rings is 1. The van der Waals surface area contributed by atoms with Crippen LogP contribution in [0.5, 0.6) is 0 Å². The maximum atomic E-state index is 12.0. The van der Waals surface area contributed by atoms with E-state index in [1.54, 1.807) is 12.4 Å². The predicted octanol–water partition coefficient (Wildman–Crippen LogP) is 2.24. The van der Waals surface area contributed by atoms with Crippen LogP contribution in [0.4, 0.5) is 11.4 Å². The molecule has 0 unspecified atom stereocenters. The summed E-state index contributed by atoms with van der Waals surface area (Å²) < 4.78 is 0. The molecule has 1 fully saturated rings. The van der Waals surface area contributed by atoms with E-state index in [1.165, 1.54) is 0 Å². The van der Waals surface area contributed by atoms with E-state index in [1.807, 2.05) is 23.1 Å². The third-order valence-corrected chi connectivity index (χ3v) is 3.96. The number of carbonyl (C=O) groups excluding carboxylic acids is 1. The largest absolute Gasteiger partial charge is 0.398 e. The number of likely N-dealkylation sites (tertiary alicyclic amines) is 1. The van der Waals surface area contributed by atoms with Crippen LogP contribution in [0.15, 0.2) is 30.6 Å². The Labute approximate surface area is 124 Å². The summed E-state index contributed by atoms with van der Waals surface area (Å²) in [6, 6.07) is 5.73. The molecular formula is C16H20N4O. The molecule has 1 amide bonds. The fraction of sp³-hybridized carbons (Fsp3) is 0.375. The zero-order valence-corrected chi connectivity index (χ0v) is 12.0. The summed E-state index contributed by atoms with van der Waals surface area (Å²) in [7, 11) is 0. The highest BCUT2D eigenvalue weighted by Gasteiger charge is 2.17. The Hall–Kier alpha value is -2.30. The van der Waals surface area contributed by atoms with Crippen molar-refractivity contribution >= 4 is 28.1 Å². The second kappa shape index (κ2) is 5.99. The topological polar surface area (TPSA) is 71.2 Å². The van der Waals surface area contributed by atoms with Crippen LogP contribution in [0, 0.1) is 0 Å². The van der Waals surface area contributed by atoms with Crippen molar-refractivity contribution in [2.45, 2.75) is 19.3 Å². The Morgan fingerprint density at radius 3 is 2.86 bits per heavy atom. The van der Waals surface area contributed by atoms with Gasteiger partial charge < -0.3 is 16.0 Å². The fourth-order valence-corrected chi connectivity index (χ4v) is 2.80. The molecule has 5 heteroatoms. The molecule has 3 rings (SSSR count). The molecule has 2 heterocycles. The minimum atomic E-state index is 0.234. The van der Waals surface area contributed by atoms with Crippen molar-refractivity contribution in [2.24, 2.45) is 0 Å². The number of hydrogen-bond donors (Lipinski definition) is 2. The van der Waals surface area contributed by atoms with Gasteiger partial charge in [0.15, 0.2) is 0 Å². The molecule has 0 aliphatic carbocycles. The molecule has 110 valence electrons. The van der Waals surface area contributed by atoms with Crippen LogP contribution in [0.25, 0.3) is 10.8 Å². The highest BCUT2D eigenvalue weighted by atomic mass is 16.2. The summed E-state index contributed by atoms with van der Waals surface area (Å²) in [4.78, 5) is 18.1. The van der Waals surface area contributed by atoms with E-state index in [-0.39, 0.29) is 5.91 Å². The lowest BCUT2D eigenvalue weighted by Crippen LogP contribution is -2.29. The summed E-state index contributed by atoms with van der Waals surface area (Å²) in [6.45, 7) is 2.45. The molecule has 0 radical (unpaired) electrons. The van der Waals surface area contributed by atoms with Crippen LogP contribution >= 0.6 is 0 Å². The van der Waals surface area contributed by atoms with Gasteiger partial charge in [0.2, 0.25) is 5.91 Å². The summed E-state index contributed by atoms with van der Waals surface area (Å²) in [5.74, 6) is 0.234. The quantitative estimate of drug-likeness (QED) is 0.845. The summed E-state index contributed by atoms with van der Waals surface area (Å²) in [5.41, 5.74) is 7.68. The number of pyridine rings is 1. The van der Waals surface area contributed by atoms with Gasteiger partial charge in [-0.15, -0.1) is 0 Å². The Morgan fingerprint density at radius 1 is 1.24 bits per heavy atom. The third-order valence-electron chi connectivity index (χ3n) is 3.96. The van der Waals surface area contributed by atoms with Crippen LogP contribution in [-0.2, 0) is 4.79 Å². The molecule has 1 aromatic heterocycles. The number of carbonyl (C=O) groups is 1. The number of rotatable bonds is 4. The molecule has 1 aliphatic rings. The molecule has 21 heavy (non-hydrogen) atoms. The van der Waals surface area contributed by atoms with E-state index in [0.29, 0.717) is 13.0 Å². The second-order valence-electron chi connectivity index (χ2n) is 5.39. The van der Waals surface area contributed by atoms with Gasteiger partial charge in [-0.25, -0.2) is 0 Å². The van der Waals surface area contributed by atoms with Gasteiger partial charge in [0, 0.05) is 60.6 Å². The van der Waals surface area contributed by atoms with E-state index in [0.717, 1.165) is 48.1 Å². The lowest BCUT2D eigenvalue weighted by atomic mass is 10.1. The van der Waals surface area contributed by atoms with Gasteiger partial charge in [-0.3, -0.25) is 9.78 Å². The van der Waals surface area contributed by atoms with Crippen LogP contribution in [0.2, 0.25) is 0 Å². The molecule has 0 bridgehead atoms. The van der Waals surface area contributed by atoms with Gasteiger partial charge in [-0.1, -0.05) is 0 Å². The molecule has 3 N–H and O–H groups in total. The summed E-state index contributed by atoms with van der Waals surface area (Å²) in [6.07, 6.45) is 6.32. The average molecular weight is 284 g/mol. The lowest BCUT2D eigenvalue weighted by Gasteiger charge is -2.16. The molecule has 1 saturated heterocycles. The highest BCUT2D eigenvalue weighted by molar-refractivity contribution is 6.00. The third kappa shape index (κ3) is 2.91. The molecule has 0 saturated carbocycles. The standard InChI is InChI=1S/C16H20N4O/c17-14-3-4-15(13-11-18-7-5-12(13)14)19-8-6-16(21)20-9-1-2-10-20/h3-5,7,11,19H,1-2,6,8-10,17H2. The molecule has 5 nitrogen and oxygen atoms in total. The maximum Gasteiger partial charge on any atom is 0.224 e. The minimum absolute atomic E-state index is 0.234. The van der Waals surface area contributed by atoms with Gasteiger partial charge in [-0.2, -0.15) is 0 Å². The van der Waals surface area contributed by atoms with Crippen molar-refractivity contribution in [3.05, 3.63) is 30.6 Å². The summed E-state index contributed by atoms with van der Waals surface area (Å²) >= 11 is 0. The van der Waals surface area contributed by atoms with Gasteiger partial charge in [0.25, 0.3) is 0 Å². The van der Waals surface area contributed by atoms with Crippen LogP contribution < -0.4 is 11.1 Å². The van der Waals surface area contributed by atoms with Crippen molar-refractivity contribution < 1.29 is 4.79 Å². The van der Waals surface area contributed by atoms with Crippen LogP contribution in [0.3, 0.4) is 0 Å². The first-order chi connectivity index (χ1) is 10.3. The highest BCUT2D eigenvalue weighted by Crippen LogP contribution is 2.27. The number of amides is 1. The second-order valence-corrected chi connectivity index (χ2v) is 5.39. The Balaban J connectivity index is 1.65.